The Kier molecular flexibility index (Phi) is 5.12. The normalized spacial score (nSPS) is 53.7. The monoisotopic (exact) mass is 550 g/mol. The molecule has 12 nitrogen and oxygen atoms in total. The van der Waals surface area contributed by atoms with E-state index in [2.05, 4.69) is 4.18 Å². The van der Waals surface area contributed by atoms with Crippen LogP contribution in [0.1, 0.15) is 57.9 Å². The summed E-state index contributed by atoms with van der Waals surface area (Å²) in [5.74, 6) is -5.88. The summed E-state index contributed by atoms with van der Waals surface area (Å²) in [6.45, 7) is 1.50. The van der Waals surface area contributed by atoms with Gasteiger partial charge in [-0.15, -0.1) is 0 Å². The second kappa shape index (κ2) is 9.42. The van der Waals surface area contributed by atoms with Gasteiger partial charge in [0.15, 0.2) is 12.4 Å². The standard InChI is InChI=1S/C24H32O12S/c1-24-7-6-13-12-5-3-11(36-37(31,32)33)8-10(12)2-4-14(13)15(24)9-16(21(24)28)34-23-19(27)17(25)18(26)20(35-23)22(29)30/h3,5,8,13-21,23,25-28H,2,4,6-7,9H2,1H3,(H,29,30)(H,31,32,33)/t13-,14?,15?,16-,17+,18+,19-,20+,21+,23?,24+/m1/s1/i2D,3D,8D,13D,16D,21D/t2?,13-,14?,15?,16-,17+,18+,19-,20+,21+,23?,24+. The maximum Gasteiger partial charge on any atom is 0.446 e. The molecule has 1 aliphatic heterocycles. The average molecular weight is 551 g/mol. The highest BCUT2D eigenvalue weighted by Crippen LogP contribution is 2.61. The molecule has 3 aliphatic carbocycles. The molecule has 4 unspecified atom stereocenters. The van der Waals surface area contributed by atoms with E-state index in [9.17, 15) is 40.1 Å². The lowest BCUT2D eigenvalue weighted by Crippen LogP contribution is -2.61. The molecule has 1 heterocycles. The molecule has 0 radical (unpaired) electrons. The number of fused-ring (bicyclic) bond motifs is 5. The molecule has 12 atom stereocenters. The van der Waals surface area contributed by atoms with Crippen LogP contribution in [-0.4, -0.2) is 87.3 Å². The summed E-state index contributed by atoms with van der Waals surface area (Å²) in [4.78, 5) is 11.5. The molecule has 4 aliphatic rings. The van der Waals surface area contributed by atoms with Crippen molar-refractivity contribution in [3.63, 3.8) is 0 Å². The van der Waals surface area contributed by atoms with Gasteiger partial charge in [0.2, 0.25) is 0 Å². The minimum absolute atomic E-state index is 0.0628. The Balaban J connectivity index is 1.53. The van der Waals surface area contributed by atoms with Gasteiger partial charge >= 0.3 is 16.4 Å². The van der Waals surface area contributed by atoms with Crippen molar-refractivity contribution in [3.8, 4) is 5.75 Å². The number of aliphatic hydroxyl groups is 4. The Bertz CT molecular complexity index is 1450. The molecule has 0 aromatic heterocycles. The van der Waals surface area contributed by atoms with Gasteiger partial charge in [0, 0.05) is 2.74 Å². The van der Waals surface area contributed by atoms with Crippen LogP contribution in [0.25, 0.3) is 0 Å². The van der Waals surface area contributed by atoms with Gasteiger partial charge in [-0.2, -0.15) is 8.42 Å². The molecular weight excluding hydrogens is 512 g/mol. The van der Waals surface area contributed by atoms with Crippen molar-refractivity contribution in [2.24, 2.45) is 17.3 Å². The summed E-state index contributed by atoms with van der Waals surface area (Å²) in [5.41, 5.74) is -1.48. The lowest BCUT2D eigenvalue weighted by molar-refractivity contribution is -0.309. The molecule has 1 aromatic rings. The Hall–Kier alpha value is -1.84. The van der Waals surface area contributed by atoms with E-state index < -0.39 is 113 Å². The highest BCUT2D eigenvalue weighted by Gasteiger charge is 2.59. The summed E-state index contributed by atoms with van der Waals surface area (Å²) in [6.07, 6.45) is -17.7. The maximum absolute atomic E-state index is 11.6. The molecule has 1 aromatic carbocycles. The fraction of sp³-hybridized carbons (Fsp3) is 0.708. The summed E-state index contributed by atoms with van der Waals surface area (Å²) < 4.78 is 99.8. The van der Waals surface area contributed by atoms with E-state index in [0.29, 0.717) is 0 Å². The van der Waals surface area contributed by atoms with Crippen molar-refractivity contribution in [1.82, 2.24) is 0 Å². The van der Waals surface area contributed by atoms with E-state index in [4.69, 9.17) is 20.9 Å². The van der Waals surface area contributed by atoms with Crippen LogP contribution in [-0.2, 0) is 31.1 Å². The van der Waals surface area contributed by atoms with Crippen LogP contribution in [0.4, 0.5) is 0 Å². The van der Waals surface area contributed by atoms with Gasteiger partial charge in [0.1, 0.15) is 24.1 Å². The lowest BCUT2D eigenvalue weighted by atomic mass is 9.55. The predicted octanol–water partition coefficient (Wildman–Crippen LogP) is -0.0275. The van der Waals surface area contributed by atoms with Crippen molar-refractivity contribution in [1.29, 1.82) is 0 Å². The van der Waals surface area contributed by atoms with E-state index in [0.717, 1.165) is 6.07 Å². The zero-order valence-corrected chi connectivity index (χ0v) is 20.4. The molecule has 5 rings (SSSR count). The van der Waals surface area contributed by atoms with Crippen LogP contribution in [0.2, 0.25) is 0 Å². The number of rotatable bonds is 5. The molecular formula is C24H32O12S. The average Bonchev–Trinajstić information content (AvgIpc) is 3.04. The van der Waals surface area contributed by atoms with Crippen LogP contribution in [0, 0.1) is 17.3 Å². The van der Waals surface area contributed by atoms with Crippen molar-refractivity contribution >= 4 is 16.4 Å². The third-order valence-corrected chi connectivity index (χ3v) is 8.32. The fourth-order valence-corrected chi connectivity index (χ4v) is 6.33. The quantitative estimate of drug-likeness (QED) is 0.268. The molecule has 13 heteroatoms. The van der Waals surface area contributed by atoms with Crippen molar-refractivity contribution < 1.29 is 65.2 Å². The first-order chi connectivity index (χ1) is 19.6. The Labute approximate surface area is 222 Å². The Morgan fingerprint density at radius 3 is 2.65 bits per heavy atom. The molecule has 206 valence electrons. The number of carboxylic acid groups (broad SMARTS) is 1. The number of benzene rings is 1. The number of carbonyl (C=O) groups is 1. The largest absolute Gasteiger partial charge is 0.479 e. The van der Waals surface area contributed by atoms with Crippen molar-refractivity contribution in [3.05, 3.63) is 29.3 Å². The first-order valence-electron chi connectivity index (χ1n) is 14.7. The van der Waals surface area contributed by atoms with Gasteiger partial charge in [0.05, 0.1) is 17.6 Å². The topological polar surface area (TPSA) is 200 Å². The van der Waals surface area contributed by atoms with Gasteiger partial charge in [-0.05, 0) is 78.4 Å². The van der Waals surface area contributed by atoms with Gasteiger partial charge < -0.3 is 39.2 Å². The number of aliphatic hydroxyl groups excluding tert-OH is 3. The molecule has 0 spiro atoms. The second-order valence-corrected chi connectivity index (χ2v) is 11.0. The van der Waals surface area contributed by atoms with Crippen LogP contribution < -0.4 is 4.18 Å². The summed E-state index contributed by atoms with van der Waals surface area (Å²) >= 11 is 0. The van der Waals surface area contributed by atoms with Crippen LogP contribution in [0.15, 0.2) is 18.2 Å². The fourth-order valence-electron chi connectivity index (χ4n) is 6.03. The molecule has 3 fully saturated rings. The SMILES string of the molecule is [2H]c1cc2c(c([2H])c1OS(=O)(=O)O)C([2H])CC1C3C[C@@]([2H])(OC4O[C@H](C(=O)O)[C@@H](O)[C@H](O)[C@H]4O)[C@]([2H])(O)[C@@]3(C)CC[C@]21[2H]. The van der Waals surface area contributed by atoms with E-state index in [-0.39, 0.29) is 30.4 Å². The maximum atomic E-state index is 11.6. The lowest BCUT2D eigenvalue weighted by Gasteiger charge is -2.49. The third-order valence-electron chi connectivity index (χ3n) is 7.94. The summed E-state index contributed by atoms with van der Waals surface area (Å²) in [7, 11) is -5.10. The van der Waals surface area contributed by atoms with Crippen LogP contribution in [0.5, 0.6) is 5.75 Å². The van der Waals surface area contributed by atoms with E-state index in [1.807, 2.05) is 0 Å². The molecule has 2 saturated carbocycles. The second-order valence-electron chi connectivity index (χ2n) is 10.0. The van der Waals surface area contributed by atoms with E-state index in [1.165, 1.54) is 6.92 Å². The number of carboxylic acids is 1. The molecule has 1 saturated heterocycles. The first-order valence-corrected chi connectivity index (χ1v) is 13.0. The minimum atomic E-state index is -5.10. The van der Waals surface area contributed by atoms with E-state index in [1.54, 1.807) is 0 Å². The molecule has 37 heavy (non-hydrogen) atoms. The minimum Gasteiger partial charge on any atom is -0.479 e. The van der Waals surface area contributed by atoms with E-state index >= 15 is 0 Å². The molecule has 0 amide bonds. The molecule has 0 bridgehead atoms. The number of hydrogen-bond acceptors (Lipinski definition) is 10. The Morgan fingerprint density at radius 1 is 1.24 bits per heavy atom. The zero-order chi connectivity index (χ0) is 32.2. The smallest absolute Gasteiger partial charge is 0.446 e. The number of aliphatic carboxylic acids is 1. The van der Waals surface area contributed by atoms with Crippen molar-refractivity contribution in [2.45, 2.75) is 87.8 Å². The number of ether oxygens (including phenoxy) is 2. The molecule has 6 N–H and O–H groups in total. The Morgan fingerprint density at radius 2 is 1.97 bits per heavy atom. The first kappa shape index (κ1) is 20.1. The van der Waals surface area contributed by atoms with Gasteiger partial charge in [0.25, 0.3) is 0 Å². The highest BCUT2D eigenvalue weighted by molar-refractivity contribution is 7.81. The van der Waals surface area contributed by atoms with Gasteiger partial charge in [-0.3, -0.25) is 4.55 Å². The summed E-state index contributed by atoms with van der Waals surface area (Å²) in [6, 6.07) is -0.195. The summed E-state index contributed by atoms with van der Waals surface area (Å²) in [5, 5.41) is 51.6. The highest BCUT2D eigenvalue weighted by atomic mass is 32.3. The van der Waals surface area contributed by atoms with Crippen molar-refractivity contribution in [2.75, 3.05) is 0 Å². The predicted molar refractivity (Wildman–Crippen MR) is 124 cm³/mol. The van der Waals surface area contributed by atoms with Crippen LogP contribution >= 0.6 is 0 Å². The van der Waals surface area contributed by atoms with Gasteiger partial charge in [-0.1, -0.05) is 13.0 Å². The third kappa shape index (κ3) is 4.65. The zero-order valence-electron chi connectivity index (χ0n) is 25.6. The number of hydrogen-bond donors (Lipinski definition) is 6. The van der Waals surface area contributed by atoms with Gasteiger partial charge in [-0.25, -0.2) is 4.79 Å². The van der Waals surface area contributed by atoms with Crippen LogP contribution in [0.3, 0.4) is 0 Å².